The number of ketones is 1. The van der Waals surface area contributed by atoms with E-state index < -0.39 is 0 Å². The van der Waals surface area contributed by atoms with Crippen LogP contribution in [0.3, 0.4) is 0 Å². The van der Waals surface area contributed by atoms with E-state index in [1.165, 1.54) is 6.08 Å². The summed E-state index contributed by atoms with van der Waals surface area (Å²) < 4.78 is 0. The van der Waals surface area contributed by atoms with E-state index in [0.717, 1.165) is 5.56 Å². The van der Waals surface area contributed by atoms with Crippen LogP contribution in [0, 0.1) is 0 Å². The summed E-state index contributed by atoms with van der Waals surface area (Å²) in [5.41, 5.74) is 1.65. The highest BCUT2D eigenvalue weighted by molar-refractivity contribution is 6.05. The molecule has 1 aliphatic carbocycles. The van der Waals surface area contributed by atoms with Gasteiger partial charge in [0.05, 0.1) is 0 Å². The summed E-state index contributed by atoms with van der Waals surface area (Å²) >= 11 is 0. The normalized spacial score (nSPS) is 14.8. The van der Waals surface area contributed by atoms with Crippen molar-refractivity contribution in [1.82, 2.24) is 5.32 Å². The molecule has 1 N–H and O–H groups in total. The fraction of sp³-hybridized carbons (Fsp3) is 0.231. The number of hydrogen-bond donors (Lipinski definition) is 1. The number of nitrogens with one attached hydrogen (secondary N) is 1. The third kappa shape index (κ3) is 2.57. The van der Waals surface area contributed by atoms with Gasteiger partial charge >= 0.3 is 0 Å². The lowest BCUT2D eigenvalue weighted by atomic mass is 10.2. The van der Waals surface area contributed by atoms with Crippen molar-refractivity contribution in [3.63, 3.8) is 0 Å². The Hall–Kier alpha value is -1.90. The van der Waals surface area contributed by atoms with Crippen LogP contribution in [0.2, 0.25) is 0 Å². The molecule has 0 spiro atoms. The molecule has 0 aliphatic heterocycles. The van der Waals surface area contributed by atoms with Gasteiger partial charge in [0.15, 0.2) is 5.78 Å². The number of carbonyl (C=O) groups excluding carboxylic acids is 2. The van der Waals surface area contributed by atoms with E-state index in [-0.39, 0.29) is 11.7 Å². The molecule has 3 heteroatoms. The molecule has 82 valence electrons. The summed E-state index contributed by atoms with van der Waals surface area (Å²) in [5.74, 6) is -0.0837. The first-order chi connectivity index (χ1) is 7.75. The maximum absolute atomic E-state index is 11.6. The fourth-order valence-electron chi connectivity index (χ4n) is 1.67. The van der Waals surface area contributed by atoms with E-state index in [0.29, 0.717) is 25.0 Å². The quantitative estimate of drug-likeness (QED) is 0.832. The minimum absolute atomic E-state index is 0.0462. The molecule has 0 bridgehead atoms. The molecule has 0 saturated carbocycles. The zero-order chi connectivity index (χ0) is 11.4. The summed E-state index contributed by atoms with van der Waals surface area (Å²) in [5, 5.41) is 2.80. The number of carbonyl (C=O) groups is 2. The SMILES string of the molecule is O=C1C=C(C(=O)NCc2ccccc2)CC1. The molecule has 1 amide bonds. The van der Waals surface area contributed by atoms with E-state index in [1.807, 2.05) is 30.3 Å². The minimum Gasteiger partial charge on any atom is -0.348 e. The zero-order valence-corrected chi connectivity index (χ0v) is 8.90. The van der Waals surface area contributed by atoms with Gasteiger partial charge in [-0.15, -0.1) is 0 Å². The summed E-state index contributed by atoms with van der Waals surface area (Å²) in [7, 11) is 0. The smallest absolute Gasteiger partial charge is 0.247 e. The molecule has 16 heavy (non-hydrogen) atoms. The summed E-state index contributed by atoms with van der Waals surface area (Å²) in [6, 6.07) is 9.70. The van der Waals surface area contributed by atoms with Gasteiger partial charge in [-0.05, 0) is 18.1 Å². The molecular formula is C13H13NO2. The highest BCUT2D eigenvalue weighted by Crippen LogP contribution is 2.14. The Morgan fingerprint density at radius 2 is 1.94 bits per heavy atom. The number of hydrogen-bond acceptors (Lipinski definition) is 2. The van der Waals surface area contributed by atoms with Crippen molar-refractivity contribution in [3.05, 3.63) is 47.5 Å². The molecule has 0 fully saturated rings. The van der Waals surface area contributed by atoms with Gasteiger partial charge in [0.25, 0.3) is 0 Å². The molecular weight excluding hydrogens is 202 g/mol. The predicted octanol–water partition coefficient (Wildman–Crippen LogP) is 1.59. The lowest BCUT2D eigenvalue weighted by Crippen LogP contribution is -2.23. The van der Waals surface area contributed by atoms with Crippen LogP contribution in [-0.2, 0) is 16.1 Å². The van der Waals surface area contributed by atoms with Crippen molar-refractivity contribution in [2.75, 3.05) is 0 Å². The average molecular weight is 215 g/mol. The first-order valence-electron chi connectivity index (χ1n) is 5.31. The van der Waals surface area contributed by atoms with Gasteiger partial charge in [-0.2, -0.15) is 0 Å². The van der Waals surface area contributed by atoms with Gasteiger partial charge in [-0.1, -0.05) is 30.3 Å². The predicted molar refractivity (Wildman–Crippen MR) is 60.6 cm³/mol. The summed E-state index contributed by atoms with van der Waals surface area (Å²) in [4.78, 5) is 22.6. The molecule has 1 aliphatic rings. The van der Waals surface area contributed by atoms with Gasteiger partial charge in [-0.3, -0.25) is 9.59 Å². The van der Waals surface area contributed by atoms with Crippen molar-refractivity contribution in [2.24, 2.45) is 0 Å². The molecule has 0 saturated heterocycles. The van der Waals surface area contributed by atoms with Crippen LogP contribution in [0.1, 0.15) is 18.4 Å². The molecule has 0 unspecified atom stereocenters. The highest BCUT2D eigenvalue weighted by atomic mass is 16.2. The standard InChI is InChI=1S/C13H13NO2/c15-12-7-6-11(8-12)13(16)14-9-10-4-2-1-3-5-10/h1-5,8H,6-7,9H2,(H,14,16). The monoisotopic (exact) mass is 215 g/mol. The van der Waals surface area contributed by atoms with E-state index in [4.69, 9.17) is 0 Å². The maximum Gasteiger partial charge on any atom is 0.247 e. The first-order valence-corrected chi connectivity index (χ1v) is 5.31. The summed E-state index contributed by atoms with van der Waals surface area (Å²) in [6.45, 7) is 0.505. The highest BCUT2D eigenvalue weighted by Gasteiger charge is 2.17. The zero-order valence-electron chi connectivity index (χ0n) is 8.90. The van der Waals surface area contributed by atoms with E-state index in [2.05, 4.69) is 5.32 Å². The van der Waals surface area contributed by atoms with Gasteiger partial charge in [0.1, 0.15) is 0 Å². The Morgan fingerprint density at radius 1 is 1.19 bits per heavy atom. The third-order valence-electron chi connectivity index (χ3n) is 2.56. The maximum atomic E-state index is 11.6. The molecule has 3 nitrogen and oxygen atoms in total. The molecule has 1 aromatic rings. The van der Waals surface area contributed by atoms with Crippen LogP contribution in [0.5, 0.6) is 0 Å². The third-order valence-corrected chi connectivity index (χ3v) is 2.56. The second-order valence-corrected chi connectivity index (χ2v) is 3.80. The van der Waals surface area contributed by atoms with E-state index in [1.54, 1.807) is 0 Å². The van der Waals surface area contributed by atoms with Crippen molar-refractivity contribution in [2.45, 2.75) is 19.4 Å². The number of benzene rings is 1. The second kappa shape index (κ2) is 4.75. The van der Waals surface area contributed by atoms with Crippen LogP contribution in [-0.4, -0.2) is 11.7 Å². The fourth-order valence-corrected chi connectivity index (χ4v) is 1.67. The van der Waals surface area contributed by atoms with Crippen molar-refractivity contribution in [1.29, 1.82) is 0 Å². The molecule has 1 aromatic carbocycles. The molecule has 0 atom stereocenters. The number of rotatable bonds is 3. The Bertz CT molecular complexity index is 435. The summed E-state index contributed by atoms with van der Waals surface area (Å²) in [6.07, 6.45) is 2.48. The Morgan fingerprint density at radius 3 is 2.56 bits per heavy atom. The molecule has 0 radical (unpaired) electrons. The van der Waals surface area contributed by atoms with E-state index >= 15 is 0 Å². The lowest BCUT2D eigenvalue weighted by molar-refractivity contribution is -0.118. The van der Waals surface area contributed by atoms with Gasteiger partial charge in [-0.25, -0.2) is 0 Å². The average Bonchev–Trinajstić information content (AvgIpc) is 2.74. The first kappa shape index (κ1) is 10.6. The van der Waals surface area contributed by atoms with Crippen molar-refractivity contribution < 1.29 is 9.59 Å². The Labute approximate surface area is 94.2 Å². The van der Waals surface area contributed by atoms with Crippen LogP contribution in [0.15, 0.2) is 42.0 Å². The minimum atomic E-state index is -0.130. The van der Waals surface area contributed by atoms with E-state index in [9.17, 15) is 9.59 Å². The Balaban J connectivity index is 1.89. The Kier molecular flexibility index (Phi) is 3.15. The number of amides is 1. The van der Waals surface area contributed by atoms with Crippen LogP contribution in [0.25, 0.3) is 0 Å². The second-order valence-electron chi connectivity index (χ2n) is 3.80. The van der Waals surface area contributed by atoms with Crippen molar-refractivity contribution in [3.8, 4) is 0 Å². The molecule has 2 rings (SSSR count). The van der Waals surface area contributed by atoms with Gasteiger partial charge < -0.3 is 5.32 Å². The molecule has 0 heterocycles. The largest absolute Gasteiger partial charge is 0.348 e. The van der Waals surface area contributed by atoms with Crippen LogP contribution < -0.4 is 5.32 Å². The number of allylic oxidation sites excluding steroid dienone is 1. The van der Waals surface area contributed by atoms with Crippen LogP contribution >= 0.6 is 0 Å². The van der Waals surface area contributed by atoms with Crippen LogP contribution in [0.4, 0.5) is 0 Å². The van der Waals surface area contributed by atoms with Gasteiger partial charge in [0, 0.05) is 18.5 Å². The van der Waals surface area contributed by atoms with Gasteiger partial charge in [0.2, 0.25) is 5.91 Å². The lowest BCUT2D eigenvalue weighted by Gasteiger charge is -2.05. The molecule has 0 aromatic heterocycles. The van der Waals surface area contributed by atoms with Crippen molar-refractivity contribution >= 4 is 11.7 Å². The topological polar surface area (TPSA) is 46.2 Å².